The van der Waals surface area contributed by atoms with E-state index in [-0.39, 0.29) is 0 Å². The molecular formula is C19H23N3S. The number of nitrogens with zero attached hydrogens (tertiary/aromatic N) is 2. The highest BCUT2D eigenvalue weighted by Crippen LogP contribution is 2.33. The van der Waals surface area contributed by atoms with E-state index >= 15 is 0 Å². The first kappa shape index (κ1) is 17.2. The highest BCUT2D eigenvalue weighted by atomic mass is 32.1. The summed E-state index contributed by atoms with van der Waals surface area (Å²) in [5, 5.41) is 15.5. The van der Waals surface area contributed by atoms with Gasteiger partial charge in [0.15, 0.2) is 0 Å². The first-order valence-corrected chi connectivity index (χ1v) is 8.74. The number of nitrogens with one attached hydrogen (secondary N) is 1. The molecule has 0 saturated carbocycles. The van der Waals surface area contributed by atoms with Gasteiger partial charge in [-0.3, -0.25) is 0 Å². The van der Waals surface area contributed by atoms with E-state index in [1.807, 2.05) is 12.3 Å². The van der Waals surface area contributed by atoms with Crippen molar-refractivity contribution in [2.24, 2.45) is 0 Å². The summed E-state index contributed by atoms with van der Waals surface area (Å²) in [5.74, 6) is 0.828. The van der Waals surface area contributed by atoms with Gasteiger partial charge in [-0.25, -0.2) is 4.98 Å². The van der Waals surface area contributed by atoms with Gasteiger partial charge in [0, 0.05) is 23.0 Å². The van der Waals surface area contributed by atoms with Crippen LogP contribution in [0.5, 0.6) is 0 Å². The molecule has 0 bridgehead atoms. The third-order valence-corrected chi connectivity index (χ3v) is 4.70. The topological polar surface area (TPSA) is 48.7 Å². The van der Waals surface area contributed by atoms with Gasteiger partial charge in [0.05, 0.1) is 0 Å². The minimum atomic E-state index is 0.414. The molecule has 4 heteroatoms. The minimum Gasteiger partial charge on any atom is -0.360 e. The van der Waals surface area contributed by atoms with Crippen molar-refractivity contribution < 1.29 is 0 Å². The SMILES string of the molecule is Cc1csc(/C(C#N)=C/Nc2c(C(C)C)cccc2C(C)C)n1. The standard InChI is InChI=1S/C19H23N3S/c1-12(2)16-7-6-8-17(13(3)4)18(16)21-10-15(9-20)19-22-14(5)11-23-19/h6-8,10-13,21H,1-5H3/b15-10+. The summed E-state index contributed by atoms with van der Waals surface area (Å²) >= 11 is 1.50. The fourth-order valence-corrected chi connectivity index (χ4v) is 3.24. The second kappa shape index (κ2) is 7.43. The molecule has 1 aromatic carbocycles. The van der Waals surface area contributed by atoms with Gasteiger partial charge < -0.3 is 5.32 Å². The summed E-state index contributed by atoms with van der Waals surface area (Å²) in [7, 11) is 0. The molecule has 2 aromatic rings. The maximum atomic E-state index is 9.43. The third kappa shape index (κ3) is 4.00. The Labute approximate surface area is 142 Å². The lowest BCUT2D eigenvalue weighted by molar-refractivity contribution is 0.838. The van der Waals surface area contributed by atoms with Crippen LogP contribution in [0.2, 0.25) is 0 Å². The fourth-order valence-electron chi connectivity index (χ4n) is 2.48. The van der Waals surface area contributed by atoms with E-state index in [2.05, 4.69) is 62.3 Å². The number of hydrogen-bond acceptors (Lipinski definition) is 4. The van der Waals surface area contributed by atoms with Gasteiger partial charge >= 0.3 is 0 Å². The smallest absolute Gasteiger partial charge is 0.135 e. The highest BCUT2D eigenvalue weighted by molar-refractivity contribution is 7.10. The third-order valence-electron chi connectivity index (χ3n) is 3.70. The number of allylic oxidation sites excluding steroid dienone is 1. The Morgan fingerprint density at radius 2 is 1.83 bits per heavy atom. The Kier molecular flexibility index (Phi) is 5.57. The van der Waals surface area contributed by atoms with Crippen LogP contribution in [-0.4, -0.2) is 4.98 Å². The van der Waals surface area contributed by atoms with Crippen molar-refractivity contribution in [2.75, 3.05) is 5.32 Å². The van der Waals surface area contributed by atoms with Crippen LogP contribution in [0.4, 0.5) is 5.69 Å². The van der Waals surface area contributed by atoms with Crippen molar-refractivity contribution in [2.45, 2.75) is 46.5 Å². The van der Waals surface area contributed by atoms with Crippen LogP contribution in [0.25, 0.3) is 5.57 Å². The second-order valence-corrected chi connectivity index (χ2v) is 7.09. The maximum absolute atomic E-state index is 9.43. The number of nitriles is 1. The number of anilines is 1. The molecule has 1 heterocycles. The fraction of sp³-hybridized carbons (Fsp3) is 0.368. The Morgan fingerprint density at radius 1 is 1.22 bits per heavy atom. The number of rotatable bonds is 5. The lowest BCUT2D eigenvalue weighted by Crippen LogP contribution is -2.03. The molecule has 0 atom stereocenters. The van der Waals surface area contributed by atoms with Gasteiger partial charge in [0.2, 0.25) is 0 Å². The molecule has 3 nitrogen and oxygen atoms in total. The zero-order valence-electron chi connectivity index (χ0n) is 14.3. The van der Waals surface area contributed by atoms with E-state index in [9.17, 15) is 5.26 Å². The lowest BCUT2D eigenvalue weighted by Gasteiger charge is -2.19. The van der Waals surface area contributed by atoms with Crippen LogP contribution < -0.4 is 5.32 Å². The molecule has 0 radical (unpaired) electrons. The predicted octanol–water partition coefficient (Wildman–Crippen LogP) is 5.67. The van der Waals surface area contributed by atoms with Gasteiger partial charge in [0.1, 0.15) is 16.6 Å². The lowest BCUT2D eigenvalue weighted by atomic mass is 9.93. The van der Waals surface area contributed by atoms with Crippen molar-refractivity contribution in [3.05, 3.63) is 51.6 Å². The van der Waals surface area contributed by atoms with E-state index in [0.29, 0.717) is 17.4 Å². The first-order chi connectivity index (χ1) is 10.9. The molecule has 0 spiro atoms. The Hall–Kier alpha value is -2.12. The number of aromatic nitrogens is 1. The van der Waals surface area contributed by atoms with E-state index in [1.54, 1.807) is 6.20 Å². The molecule has 0 fully saturated rings. The van der Waals surface area contributed by atoms with E-state index < -0.39 is 0 Å². The molecule has 2 rings (SSSR count). The summed E-state index contributed by atoms with van der Waals surface area (Å²) < 4.78 is 0. The van der Waals surface area contributed by atoms with E-state index in [4.69, 9.17) is 0 Å². The zero-order chi connectivity index (χ0) is 17.0. The molecular weight excluding hydrogens is 302 g/mol. The predicted molar refractivity (Wildman–Crippen MR) is 98.7 cm³/mol. The van der Waals surface area contributed by atoms with Crippen molar-refractivity contribution in [3.63, 3.8) is 0 Å². The second-order valence-electron chi connectivity index (χ2n) is 6.23. The molecule has 0 aliphatic heterocycles. The summed E-state index contributed by atoms with van der Waals surface area (Å²) in [6.07, 6.45) is 1.78. The largest absolute Gasteiger partial charge is 0.360 e. The first-order valence-electron chi connectivity index (χ1n) is 7.86. The molecule has 0 saturated heterocycles. The molecule has 1 N–H and O–H groups in total. The molecule has 0 aliphatic carbocycles. The summed E-state index contributed by atoms with van der Waals surface area (Å²) in [6.45, 7) is 10.7. The molecule has 1 aromatic heterocycles. The summed E-state index contributed by atoms with van der Waals surface area (Å²) in [6, 6.07) is 8.64. The molecule has 23 heavy (non-hydrogen) atoms. The molecule has 120 valence electrons. The van der Waals surface area contributed by atoms with E-state index in [0.717, 1.165) is 16.4 Å². The van der Waals surface area contributed by atoms with Gasteiger partial charge in [0.25, 0.3) is 0 Å². The Morgan fingerprint density at radius 3 is 2.26 bits per heavy atom. The van der Waals surface area contributed by atoms with Crippen LogP contribution in [0, 0.1) is 18.3 Å². The van der Waals surface area contributed by atoms with Gasteiger partial charge in [-0.05, 0) is 29.9 Å². The van der Waals surface area contributed by atoms with Gasteiger partial charge in [-0.1, -0.05) is 45.9 Å². The van der Waals surface area contributed by atoms with Crippen LogP contribution in [0.1, 0.15) is 61.4 Å². The summed E-state index contributed by atoms with van der Waals surface area (Å²) in [5.41, 5.74) is 5.15. The van der Waals surface area contributed by atoms with Crippen molar-refractivity contribution in [3.8, 4) is 6.07 Å². The summed E-state index contributed by atoms with van der Waals surface area (Å²) in [4.78, 5) is 4.40. The average Bonchev–Trinajstić information content (AvgIpc) is 2.93. The van der Waals surface area contributed by atoms with E-state index in [1.165, 1.54) is 22.5 Å². The normalized spacial score (nSPS) is 11.8. The number of benzene rings is 1. The van der Waals surface area contributed by atoms with Gasteiger partial charge in [-0.2, -0.15) is 5.26 Å². The minimum absolute atomic E-state index is 0.414. The Bertz CT molecular complexity index is 722. The van der Waals surface area contributed by atoms with Crippen molar-refractivity contribution in [1.29, 1.82) is 5.26 Å². The molecule has 0 amide bonds. The van der Waals surface area contributed by atoms with Crippen LogP contribution >= 0.6 is 11.3 Å². The number of thiazole rings is 1. The van der Waals surface area contributed by atoms with Crippen LogP contribution in [-0.2, 0) is 0 Å². The quantitative estimate of drug-likeness (QED) is 0.720. The monoisotopic (exact) mass is 325 g/mol. The van der Waals surface area contributed by atoms with Crippen molar-refractivity contribution >= 4 is 22.6 Å². The molecule has 0 aliphatic rings. The molecule has 0 unspecified atom stereocenters. The highest BCUT2D eigenvalue weighted by Gasteiger charge is 2.13. The maximum Gasteiger partial charge on any atom is 0.135 e. The number of hydrogen-bond donors (Lipinski definition) is 1. The average molecular weight is 325 g/mol. The number of aryl methyl sites for hydroxylation is 1. The van der Waals surface area contributed by atoms with Crippen molar-refractivity contribution in [1.82, 2.24) is 4.98 Å². The Balaban J connectivity index is 2.42. The van der Waals surface area contributed by atoms with Crippen LogP contribution in [0.3, 0.4) is 0 Å². The van der Waals surface area contributed by atoms with Gasteiger partial charge in [-0.15, -0.1) is 11.3 Å². The zero-order valence-corrected chi connectivity index (χ0v) is 15.2. The number of para-hydroxylation sites is 1. The van der Waals surface area contributed by atoms with Crippen LogP contribution in [0.15, 0.2) is 29.8 Å².